The third-order valence-corrected chi connectivity index (χ3v) is 4.73. The lowest BCUT2D eigenvalue weighted by Crippen LogP contribution is -2.24. The maximum absolute atomic E-state index is 11.7. The summed E-state index contributed by atoms with van der Waals surface area (Å²) >= 11 is 0. The molecule has 0 saturated carbocycles. The van der Waals surface area contributed by atoms with Crippen LogP contribution in [0.3, 0.4) is 0 Å². The van der Waals surface area contributed by atoms with Crippen molar-refractivity contribution in [1.29, 1.82) is 0 Å². The van der Waals surface area contributed by atoms with Gasteiger partial charge in [0.05, 0.1) is 30.4 Å². The number of benzene rings is 1. The van der Waals surface area contributed by atoms with Crippen molar-refractivity contribution in [2.24, 2.45) is 7.05 Å². The number of imidazole rings is 1. The number of nitrogens with zero attached hydrogens (tertiary/aromatic N) is 5. The quantitative estimate of drug-likeness (QED) is 0.683. The van der Waals surface area contributed by atoms with E-state index in [0.717, 1.165) is 55.2 Å². The lowest BCUT2D eigenvalue weighted by molar-refractivity contribution is 0.0593. The zero-order valence-corrected chi connectivity index (χ0v) is 14.5. The summed E-state index contributed by atoms with van der Waals surface area (Å²) in [6.45, 7) is 3.29. The van der Waals surface area contributed by atoms with Crippen LogP contribution in [0.5, 0.6) is 0 Å². The van der Waals surface area contributed by atoms with Gasteiger partial charge in [0.25, 0.3) is 0 Å². The summed E-state index contributed by atoms with van der Waals surface area (Å²) in [5.41, 5.74) is 3.58. The fraction of sp³-hybridized carbons (Fsp3) is 0.389. The van der Waals surface area contributed by atoms with E-state index in [0.29, 0.717) is 5.69 Å². The van der Waals surface area contributed by atoms with Gasteiger partial charge in [0.1, 0.15) is 5.82 Å². The van der Waals surface area contributed by atoms with Crippen molar-refractivity contribution in [3.63, 3.8) is 0 Å². The van der Waals surface area contributed by atoms with E-state index in [2.05, 4.69) is 27.7 Å². The lowest BCUT2D eigenvalue weighted by atomic mass is 10.3. The SMILES string of the molecule is COC(=O)c1cc2n(n1)CCCN(Cc1nc3ccccc3n1C)C2. The second-order valence-corrected chi connectivity index (χ2v) is 6.38. The monoisotopic (exact) mass is 339 g/mol. The largest absolute Gasteiger partial charge is 0.464 e. The number of ether oxygens (including phenoxy) is 1. The van der Waals surface area contributed by atoms with Crippen molar-refractivity contribution >= 4 is 17.0 Å². The zero-order chi connectivity index (χ0) is 17.4. The highest BCUT2D eigenvalue weighted by atomic mass is 16.5. The molecule has 25 heavy (non-hydrogen) atoms. The van der Waals surface area contributed by atoms with Gasteiger partial charge in [0, 0.05) is 26.7 Å². The molecule has 0 N–H and O–H groups in total. The minimum Gasteiger partial charge on any atom is -0.464 e. The van der Waals surface area contributed by atoms with Crippen molar-refractivity contribution in [1.82, 2.24) is 24.2 Å². The number of rotatable bonds is 3. The van der Waals surface area contributed by atoms with Crippen LogP contribution in [0.2, 0.25) is 0 Å². The number of carbonyl (C=O) groups excluding carboxylic acids is 1. The topological polar surface area (TPSA) is 65.2 Å². The van der Waals surface area contributed by atoms with Gasteiger partial charge in [-0.05, 0) is 24.6 Å². The number of aryl methyl sites for hydroxylation is 2. The van der Waals surface area contributed by atoms with Crippen LogP contribution >= 0.6 is 0 Å². The highest BCUT2D eigenvalue weighted by Gasteiger charge is 2.21. The fourth-order valence-corrected chi connectivity index (χ4v) is 3.40. The molecule has 0 fully saturated rings. The summed E-state index contributed by atoms with van der Waals surface area (Å²) in [6.07, 6.45) is 0.985. The Morgan fingerprint density at radius 3 is 2.92 bits per heavy atom. The maximum atomic E-state index is 11.7. The Morgan fingerprint density at radius 1 is 1.28 bits per heavy atom. The van der Waals surface area contributed by atoms with Gasteiger partial charge in [0.15, 0.2) is 5.69 Å². The Labute approximate surface area is 145 Å². The number of methoxy groups -OCH3 is 1. The molecule has 7 nitrogen and oxygen atoms in total. The van der Waals surface area contributed by atoms with Crippen LogP contribution in [-0.2, 0) is 31.4 Å². The molecular formula is C18H21N5O2. The fourth-order valence-electron chi connectivity index (χ4n) is 3.40. The predicted octanol–water partition coefficient (Wildman–Crippen LogP) is 1.96. The van der Waals surface area contributed by atoms with Crippen LogP contribution in [0.1, 0.15) is 28.4 Å². The van der Waals surface area contributed by atoms with E-state index in [1.165, 1.54) is 7.11 Å². The van der Waals surface area contributed by atoms with Crippen LogP contribution < -0.4 is 0 Å². The summed E-state index contributed by atoms with van der Waals surface area (Å²) < 4.78 is 8.84. The molecule has 0 unspecified atom stereocenters. The van der Waals surface area contributed by atoms with Crippen molar-refractivity contribution in [2.75, 3.05) is 13.7 Å². The van der Waals surface area contributed by atoms with Gasteiger partial charge in [-0.25, -0.2) is 9.78 Å². The number of para-hydroxylation sites is 2. The predicted molar refractivity (Wildman–Crippen MR) is 93.0 cm³/mol. The van der Waals surface area contributed by atoms with Crippen LogP contribution in [0.4, 0.5) is 0 Å². The van der Waals surface area contributed by atoms with Gasteiger partial charge < -0.3 is 9.30 Å². The van der Waals surface area contributed by atoms with E-state index < -0.39 is 0 Å². The Bertz CT molecular complexity index is 927. The maximum Gasteiger partial charge on any atom is 0.358 e. The lowest BCUT2D eigenvalue weighted by Gasteiger charge is -2.19. The third kappa shape index (κ3) is 2.91. The normalized spacial score (nSPS) is 15.1. The summed E-state index contributed by atoms with van der Waals surface area (Å²) in [7, 11) is 3.44. The molecule has 1 aliphatic heterocycles. The number of esters is 1. The number of fused-ring (bicyclic) bond motifs is 2. The van der Waals surface area contributed by atoms with Crippen LogP contribution in [0, 0.1) is 0 Å². The molecule has 3 aromatic rings. The number of carbonyl (C=O) groups is 1. The average molecular weight is 339 g/mol. The van der Waals surface area contributed by atoms with Gasteiger partial charge in [-0.2, -0.15) is 5.10 Å². The van der Waals surface area contributed by atoms with Crippen LogP contribution in [-0.4, -0.2) is 43.9 Å². The van der Waals surface area contributed by atoms with Gasteiger partial charge in [-0.1, -0.05) is 12.1 Å². The molecule has 1 aromatic carbocycles. The Morgan fingerprint density at radius 2 is 2.12 bits per heavy atom. The molecule has 7 heteroatoms. The van der Waals surface area contributed by atoms with E-state index >= 15 is 0 Å². The van der Waals surface area contributed by atoms with E-state index in [1.807, 2.05) is 28.9 Å². The van der Waals surface area contributed by atoms with Gasteiger partial charge in [-0.3, -0.25) is 9.58 Å². The summed E-state index contributed by atoms with van der Waals surface area (Å²) in [5, 5.41) is 4.37. The smallest absolute Gasteiger partial charge is 0.358 e. The first kappa shape index (κ1) is 15.8. The molecule has 0 bridgehead atoms. The molecule has 0 spiro atoms. The molecule has 2 aromatic heterocycles. The standard InChI is InChI=1S/C18H21N5O2/c1-21-16-7-4-3-6-14(16)19-17(21)12-22-8-5-9-23-13(11-22)10-15(20-23)18(24)25-2/h3-4,6-7,10H,5,8-9,11-12H2,1-2H3. The molecule has 0 amide bonds. The molecule has 130 valence electrons. The van der Waals surface area contributed by atoms with Crippen molar-refractivity contribution in [3.8, 4) is 0 Å². The first-order valence-electron chi connectivity index (χ1n) is 8.43. The Hall–Kier alpha value is -2.67. The molecule has 0 atom stereocenters. The van der Waals surface area contributed by atoms with E-state index in [9.17, 15) is 4.79 Å². The minimum atomic E-state index is -0.387. The van der Waals surface area contributed by atoms with Crippen LogP contribution in [0.15, 0.2) is 30.3 Å². The average Bonchev–Trinajstić information content (AvgIpc) is 3.10. The summed E-state index contributed by atoms with van der Waals surface area (Å²) in [5.74, 6) is 0.657. The zero-order valence-electron chi connectivity index (χ0n) is 14.5. The van der Waals surface area contributed by atoms with E-state index in [4.69, 9.17) is 9.72 Å². The first-order valence-corrected chi connectivity index (χ1v) is 8.43. The molecule has 0 radical (unpaired) electrons. The third-order valence-electron chi connectivity index (χ3n) is 4.73. The van der Waals surface area contributed by atoms with E-state index in [1.54, 1.807) is 0 Å². The number of aromatic nitrogens is 4. The highest BCUT2D eigenvalue weighted by Crippen LogP contribution is 2.19. The van der Waals surface area contributed by atoms with Crippen molar-refractivity contribution < 1.29 is 9.53 Å². The van der Waals surface area contributed by atoms with Gasteiger partial charge in [0.2, 0.25) is 0 Å². The molecule has 3 heterocycles. The highest BCUT2D eigenvalue weighted by molar-refractivity contribution is 5.87. The van der Waals surface area contributed by atoms with E-state index in [-0.39, 0.29) is 5.97 Å². The number of hydrogen-bond acceptors (Lipinski definition) is 5. The Kier molecular flexibility index (Phi) is 4.01. The second-order valence-electron chi connectivity index (χ2n) is 6.38. The number of hydrogen-bond donors (Lipinski definition) is 0. The minimum absolute atomic E-state index is 0.377. The molecule has 1 aliphatic rings. The van der Waals surface area contributed by atoms with Gasteiger partial charge >= 0.3 is 5.97 Å². The molecule has 0 saturated heterocycles. The molecule has 0 aliphatic carbocycles. The summed E-state index contributed by atoms with van der Waals surface area (Å²) in [6, 6.07) is 10.0. The Balaban J connectivity index is 1.57. The van der Waals surface area contributed by atoms with Crippen molar-refractivity contribution in [2.45, 2.75) is 26.1 Å². The first-order chi connectivity index (χ1) is 12.2. The molecule has 4 rings (SSSR count). The second kappa shape index (κ2) is 6.33. The van der Waals surface area contributed by atoms with Crippen LogP contribution in [0.25, 0.3) is 11.0 Å². The summed E-state index contributed by atoms with van der Waals surface area (Å²) in [4.78, 5) is 18.8. The van der Waals surface area contributed by atoms with Crippen molar-refractivity contribution in [3.05, 3.63) is 47.5 Å². The molecular weight excluding hydrogens is 318 g/mol. The van der Waals surface area contributed by atoms with Gasteiger partial charge in [-0.15, -0.1) is 0 Å².